The molecule has 0 saturated heterocycles. The lowest BCUT2D eigenvalue weighted by Gasteiger charge is -2.38. The van der Waals surface area contributed by atoms with Crippen LogP contribution in [0.25, 0.3) is 0 Å². The zero-order chi connectivity index (χ0) is 9.26. The van der Waals surface area contributed by atoms with Gasteiger partial charge in [0, 0.05) is 23.7 Å². The van der Waals surface area contributed by atoms with Crippen molar-refractivity contribution in [2.45, 2.75) is 31.5 Å². The molecular formula is C9H15N3S. The minimum atomic E-state index is 0.434. The second kappa shape index (κ2) is 3.74. The van der Waals surface area contributed by atoms with Crippen LogP contribution in [0.4, 0.5) is 0 Å². The summed E-state index contributed by atoms with van der Waals surface area (Å²) >= 11 is 1.72. The predicted molar refractivity (Wildman–Crippen MR) is 54.6 cm³/mol. The van der Waals surface area contributed by atoms with Gasteiger partial charge in [-0.05, 0) is 19.9 Å². The Labute approximate surface area is 82.6 Å². The Balaban J connectivity index is 1.82. The van der Waals surface area contributed by atoms with Gasteiger partial charge in [-0.1, -0.05) is 0 Å². The first-order valence-electron chi connectivity index (χ1n) is 4.60. The van der Waals surface area contributed by atoms with Gasteiger partial charge in [0.25, 0.3) is 0 Å². The molecule has 1 saturated carbocycles. The van der Waals surface area contributed by atoms with Crippen LogP contribution in [0.15, 0.2) is 11.6 Å². The van der Waals surface area contributed by atoms with Crippen LogP contribution in [0, 0.1) is 0 Å². The molecule has 0 unspecified atom stereocenters. The van der Waals surface area contributed by atoms with E-state index in [1.807, 2.05) is 11.6 Å². The number of hydrogen-bond donors (Lipinski definition) is 1. The average Bonchev–Trinajstić information content (AvgIpc) is 2.51. The number of nitrogens with two attached hydrogens (primary N) is 1. The van der Waals surface area contributed by atoms with Gasteiger partial charge in [-0.25, -0.2) is 4.98 Å². The molecule has 72 valence electrons. The lowest BCUT2D eigenvalue weighted by atomic mass is 9.86. The van der Waals surface area contributed by atoms with Gasteiger partial charge in [-0.2, -0.15) is 0 Å². The molecule has 1 heterocycles. The molecule has 0 spiro atoms. The van der Waals surface area contributed by atoms with Crippen molar-refractivity contribution in [3.8, 4) is 0 Å². The molecule has 0 amide bonds. The van der Waals surface area contributed by atoms with Gasteiger partial charge in [0.2, 0.25) is 0 Å². The van der Waals surface area contributed by atoms with Crippen LogP contribution >= 0.6 is 11.3 Å². The fourth-order valence-corrected chi connectivity index (χ4v) is 2.34. The third kappa shape index (κ3) is 2.07. The van der Waals surface area contributed by atoms with Crippen molar-refractivity contribution in [1.29, 1.82) is 0 Å². The number of hydrogen-bond acceptors (Lipinski definition) is 4. The minimum Gasteiger partial charge on any atom is -0.328 e. The maximum absolute atomic E-state index is 5.74. The van der Waals surface area contributed by atoms with E-state index in [-0.39, 0.29) is 0 Å². The quantitative estimate of drug-likeness (QED) is 0.788. The molecule has 2 N–H and O–H groups in total. The number of rotatable bonds is 3. The molecule has 4 heteroatoms. The fourth-order valence-electron chi connectivity index (χ4n) is 1.66. The van der Waals surface area contributed by atoms with E-state index < -0.39 is 0 Å². The first-order valence-corrected chi connectivity index (χ1v) is 5.48. The van der Waals surface area contributed by atoms with E-state index in [2.05, 4.69) is 16.9 Å². The first kappa shape index (κ1) is 9.12. The molecule has 0 aromatic carbocycles. The maximum Gasteiger partial charge on any atom is 0.107 e. The SMILES string of the molecule is CN(Cc1nccs1)C1CC(N)C1. The molecule has 0 aliphatic heterocycles. The smallest absolute Gasteiger partial charge is 0.107 e. The summed E-state index contributed by atoms with van der Waals surface area (Å²) in [5.74, 6) is 0. The largest absolute Gasteiger partial charge is 0.328 e. The summed E-state index contributed by atoms with van der Waals surface area (Å²) in [7, 11) is 2.15. The Morgan fingerprint density at radius 1 is 1.69 bits per heavy atom. The van der Waals surface area contributed by atoms with E-state index in [1.54, 1.807) is 11.3 Å². The van der Waals surface area contributed by atoms with Crippen molar-refractivity contribution in [3.63, 3.8) is 0 Å². The topological polar surface area (TPSA) is 42.2 Å². The molecule has 1 aliphatic carbocycles. The monoisotopic (exact) mass is 197 g/mol. The number of thiazole rings is 1. The Bertz CT molecular complexity index is 254. The van der Waals surface area contributed by atoms with Gasteiger partial charge in [0.1, 0.15) is 5.01 Å². The van der Waals surface area contributed by atoms with E-state index in [4.69, 9.17) is 5.73 Å². The van der Waals surface area contributed by atoms with Crippen molar-refractivity contribution in [1.82, 2.24) is 9.88 Å². The van der Waals surface area contributed by atoms with Crippen LogP contribution in [0.5, 0.6) is 0 Å². The second-order valence-electron chi connectivity index (χ2n) is 3.73. The molecule has 13 heavy (non-hydrogen) atoms. The van der Waals surface area contributed by atoms with Crippen molar-refractivity contribution >= 4 is 11.3 Å². The van der Waals surface area contributed by atoms with Crippen molar-refractivity contribution < 1.29 is 0 Å². The Kier molecular flexibility index (Phi) is 2.62. The van der Waals surface area contributed by atoms with Crippen LogP contribution in [0.3, 0.4) is 0 Å². The van der Waals surface area contributed by atoms with E-state index in [0.717, 1.165) is 19.4 Å². The van der Waals surface area contributed by atoms with Crippen LogP contribution in [0.2, 0.25) is 0 Å². The molecule has 3 nitrogen and oxygen atoms in total. The summed E-state index contributed by atoms with van der Waals surface area (Å²) in [5.41, 5.74) is 5.74. The van der Waals surface area contributed by atoms with Gasteiger partial charge < -0.3 is 5.73 Å². The van der Waals surface area contributed by atoms with Crippen LogP contribution in [0.1, 0.15) is 17.8 Å². The highest BCUT2D eigenvalue weighted by molar-refractivity contribution is 7.09. The second-order valence-corrected chi connectivity index (χ2v) is 4.71. The molecule has 1 fully saturated rings. The summed E-state index contributed by atoms with van der Waals surface area (Å²) in [4.78, 5) is 6.61. The van der Waals surface area contributed by atoms with Crippen LogP contribution in [-0.4, -0.2) is 29.0 Å². The van der Waals surface area contributed by atoms with E-state index >= 15 is 0 Å². The lowest BCUT2D eigenvalue weighted by molar-refractivity contribution is 0.132. The highest BCUT2D eigenvalue weighted by Gasteiger charge is 2.29. The van der Waals surface area contributed by atoms with E-state index in [0.29, 0.717) is 12.1 Å². The predicted octanol–water partition coefficient (Wildman–Crippen LogP) is 1.06. The minimum absolute atomic E-state index is 0.434. The maximum atomic E-state index is 5.74. The highest BCUT2D eigenvalue weighted by Crippen LogP contribution is 2.24. The van der Waals surface area contributed by atoms with Crippen molar-refractivity contribution in [2.24, 2.45) is 5.73 Å². The molecule has 2 rings (SSSR count). The van der Waals surface area contributed by atoms with Gasteiger partial charge in [-0.3, -0.25) is 4.90 Å². The number of aromatic nitrogens is 1. The molecule has 1 aliphatic rings. The summed E-state index contributed by atoms with van der Waals surface area (Å²) in [5, 5.41) is 3.22. The van der Waals surface area contributed by atoms with Gasteiger partial charge in [-0.15, -0.1) is 11.3 Å². The average molecular weight is 197 g/mol. The molecule has 0 radical (unpaired) electrons. The van der Waals surface area contributed by atoms with Gasteiger partial charge in [0.05, 0.1) is 6.54 Å². The molecule has 1 aromatic rings. The molecule has 0 bridgehead atoms. The normalized spacial score (nSPS) is 27.6. The van der Waals surface area contributed by atoms with Crippen molar-refractivity contribution in [3.05, 3.63) is 16.6 Å². The number of nitrogens with zero attached hydrogens (tertiary/aromatic N) is 2. The summed E-state index contributed by atoms with van der Waals surface area (Å²) < 4.78 is 0. The van der Waals surface area contributed by atoms with E-state index in [1.165, 1.54) is 5.01 Å². The first-order chi connectivity index (χ1) is 6.25. The van der Waals surface area contributed by atoms with Gasteiger partial charge >= 0.3 is 0 Å². The zero-order valence-corrected chi connectivity index (χ0v) is 8.63. The third-order valence-electron chi connectivity index (χ3n) is 2.64. The zero-order valence-electron chi connectivity index (χ0n) is 7.81. The molecule has 0 atom stereocenters. The van der Waals surface area contributed by atoms with Crippen molar-refractivity contribution in [2.75, 3.05) is 7.05 Å². The molecular weight excluding hydrogens is 182 g/mol. The lowest BCUT2D eigenvalue weighted by Crippen LogP contribution is -2.48. The van der Waals surface area contributed by atoms with Gasteiger partial charge in [0.15, 0.2) is 0 Å². The Hall–Kier alpha value is -0.450. The van der Waals surface area contributed by atoms with Crippen LogP contribution in [-0.2, 0) is 6.54 Å². The Morgan fingerprint density at radius 2 is 2.46 bits per heavy atom. The highest BCUT2D eigenvalue weighted by atomic mass is 32.1. The standard InChI is InChI=1S/C9H15N3S/c1-12(8-4-7(10)5-8)6-9-11-2-3-13-9/h2-3,7-8H,4-6,10H2,1H3. The third-order valence-corrected chi connectivity index (χ3v) is 3.41. The molecule has 1 aromatic heterocycles. The summed E-state index contributed by atoms with van der Waals surface area (Å²) in [6.45, 7) is 0.967. The fraction of sp³-hybridized carbons (Fsp3) is 0.667. The van der Waals surface area contributed by atoms with E-state index in [9.17, 15) is 0 Å². The summed E-state index contributed by atoms with van der Waals surface area (Å²) in [6, 6.07) is 1.11. The summed E-state index contributed by atoms with van der Waals surface area (Å²) in [6.07, 6.45) is 4.14. The Morgan fingerprint density at radius 3 is 3.00 bits per heavy atom. The van der Waals surface area contributed by atoms with Crippen LogP contribution < -0.4 is 5.73 Å².